The number of nitrogens with zero attached hydrogens (tertiary/aromatic N) is 1. The Balaban J connectivity index is 2.02. The van der Waals surface area contributed by atoms with Gasteiger partial charge in [-0.2, -0.15) is 0 Å². The van der Waals surface area contributed by atoms with E-state index in [1.54, 1.807) is 12.1 Å². The van der Waals surface area contributed by atoms with Crippen molar-refractivity contribution in [3.63, 3.8) is 0 Å². The summed E-state index contributed by atoms with van der Waals surface area (Å²) < 4.78 is 0. The molecular formula is C12H14N2O3. The van der Waals surface area contributed by atoms with Crippen LogP contribution in [-0.4, -0.2) is 30.1 Å². The largest absolute Gasteiger partial charge is 0.474 e. The normalized spacial score (nSPS) is 14.7. The van der Waals surface area contributed by atoms with Crippen LogP contribution >= 0.6 is 0 Å². The Bertz CT molecular complexity index is 422. The van der Waals surface area contributed by atoms with E-state index < -0.39 is 11.9 Å². The Morgan fingerprint density at radius 1 is 1.12 bits per heavy atom. The summed E-state index contributed by atoms with van der Waals surface area (Å²) in [5.74, 6) is -2.49. The lowest BCUT2D eigenvalue weighted by molar-refractivity contribution is -0.147. The number of hydrogen-bond donors (Lipinski definition) is 2. The third-order valence-corrected chi connectivity index (χ3v) is 2.79. The zero-order chi connectivity index (χ0) is 12.3. The fraction of sp³-hybridized carbons (Fsp3) is 0.333. The number of benzene rings is 1. The van der Waals surface area contributed by atoms with Crippen LogP contribution in [-0.2, 0) is 9.59 Å². The van der Waals surface area contributed by atoms with Gasteiger partial charge in [-0.25, -0.2) is 4.79 Å². The topological polar surface area (TPSA) is 69.6 Å². The van der Waals surface area contributed by atoms with Crippen LogP contribution in [0.25, 0.3) is 0 Å². The van der Waals surface area contributed by atoms with E-state index in [1.807, 2.05) is 12.1 Å². The zero-order valence-corrected chi connectivity index (χ0v) is 9.35. The number of aliphatic carboxylic acids is 1. The first-order valence-electron chi connectivity index (χ1n) is 5.56. The molecule has 0 unspecified atom stereocenters. The highest BCUT2D eigenvalue weighted by atomic mass is 16.4. The molecule has 1 aromatic rings. The summed E-state index contributed by atoms with van der Waals surface area (Å²) in [6, 6.07) is 7.22. The fourth-order valence-electron chi connectivity index (χ4n) is 1.92. The lowest BCUT2D eigenvalue weighted by atomic mass is 10.2. The Labute approximate surface area is 99.0 Å². The minimum Gasteiger partial charge on any atom is -0.474 e. The molecule has 0 saturated carbocycles. The number of carbonyl (C=O) groups excluding carboxylic acids is 1. The van der Waals surface area contributed by atoms with Gasteiger partial charge >= 0.3 is 11.9 Å². The standard InChI is InChI=1S/C12H14N2O3/c15-11(12(16)17)13-9-3-5-10(6-4-9)14-7-1-2-8-14/h3-6H,1-2,7-8H2,(H,13,15)(H,16,17). The molecule has 5 nitrogen and oxygen atoms in total. The van der Waals surface area contributed by atoms with Crippen molar-refractivity contribution < 1.29 is 14.7 Å². The molecule has 0 spiro atoms. The van der Waals surface area contributed by atoms with Crippen LogP contribution in [0.2, 0.25) is 0 Å². The van der Waals surface area contributed by atoms with Gasteiger partial charge in [-0.15, -0.1) is 0 Å². The predicted octanol–water partition coefficient (Wildman–Crippen LogP) is 1.31. The van der Waals surface area contributed by atoms with Crippen molar-refractivity contribution in [1.29, 1.82) is 0 Å². The third kappa shape index (κ3) is 2.75. The Hall–Kier alpha value is -2.04. The third-order valence-electron chi connectivity index (χ3n) is 2.79. The highest BCUT2D eigenvalue weighted by Gasteiger charge is 2.13. The van der Waals surface area contributed by atoms with Crippen molar-refractivity contribution >= 4 is 23.3 Å². The zero-order valence-electron chi connectivity index (χ0n) is 9.35. The minimum absolute atomic E-state index is 0.500. The van der Waals surface area contributed by atoms with Gasteiger partial charge in [-0.3, -0.25) is 4.79 Å². The molecule has 1 saturated heterocycles. The van der Waals surface area contributed by atoms with Crippen LogP contribution in [0.1, 0.15) is 12.8 Å². The smallest absolute Gasteiger partial charge is 0.394 e. The van der Waals surface area contributed by atoms with Crippen LogP contribution in [0.4, 0.5) is 11.4 Å². The SMILES string of the molecule is O=C(O)C(=O)Nc1ccc(N2CCCC2)cc1. The van der Waals surface area contributed by atoms with Gasteiger partial charge < -0.3 is 15.3 Å². The van der Waals surface area contributed by atoms with Crippen LogP contribution in [0.15, 0.2) is 24.3 Å². The highest BCUT2D eigenvalue weighted by molar-refractivity contribution is 6.36. The molecule has 0 aliphatic carbocycles. The molecule has 1 heterocycles. The van der Waals surface area contributed by atoms with Crippen molar-refractivity contribution in [2.24, 2.45) is 0 Å². The number of carboxylic acid groups (broad SMARTS) is 1. The van der Waals surface area contributed by atoms with Crippen molar-refractivity contribution in [3.05, 3.63) is 24.3 Å². The first kappa shape index (κ1) is 11.4. The quantitative estimate of drug-likeness (QED) is 0.757. The first-order chi connectivity index (χ1) is 8.16. The number of hydrogen-bond acceptors (Lipinski definition) is 3. The van der Waals surface area contributed by atoms with E-state index in [4.69, 9.17) is 5.11 Å². The average molecular weight is 234 g/mol. The molecule has 0 radical (unpaired) electrons. The monoisotopic (exact) mass is 234 g/mol. The van der Waals surface area contributed by atoms with Gasteiger partial charge in [-0.1, -0.05) is 0 Å². The number of rotatable bonds is 2. The molecule has 2 rings (SSSR count). The van der Waals surface area contributed by atoms with E-state index in [0.29, 0.717) is 5.69 Å². The molecule has 1 aliphatic rings. The maximum absolute atomic E-state index is 10.9. The van der Waals surface area contributed by atoms with Crippen molar-refractivity contribution in [1.82, 2.24) is 0 Å². The van der Waals surface area contributed by atoms with Crippen molar-refractivity contribution in [3.8, 4) is 0 Å². The van der Waals surface area contributed by atoms with Gasteiger partial charge in [0, 0.05) is 24.5 Å². The molecule has 90 valence electrons. The molecule has 2 N–H and O–H groups in total. The van der Waals surface area contributed by atoms with Crippen LogP contribution in [0, 0.1) is 0 Å². The number of amides is 1. The summed E-state index contributed by atoms with van der Waals surface area (Å²) in [6.07, 6.45) is 2.41. The van der Waals surface area contributed by atoms with Crippen LogP contribution in [0.5, 0.6) is 0 Å². The molecule has 17 heavy (non-hydrogen) atoms. The molecule has 5 heteroatoms. The van der Waals surface area contributed by atoms with E-state index in [-0.39, 0.29) is 0 Å². The molecule has 1 aliphatic heterocycles. The summed E-state index contributed by atoms with van der Waals surface area (Å²) in [5, 5.41) is 10.8. The maximum atomic E-state index is 10.9. The van der Waals surface area contributed by atoms with Crippen LogP contribution in [0.3, 0.4) is 0 Å². The van der Waals surface area contributed by atoms with Gasteiger partial charge in [-0.05, 0) is 37.1 Å². The van der Waals surface area contributed by atoms with E-state index in [9.17, 15) is 9.59 Å². The molecule has 0 atom stereocenters. The number of anilines is 2. The van der Waals surface area contributed by atoms with Gasteiger partial charge in [0.2, 0.25) is 0 Å². The van der Waals surface area contributed by atoms with E-state index in [2.05, 4.69) is 10.2 Å². The molecule has 0 bridgehead atoms. The Morgan fingerprint density at radius 3 is 2.24 bits per heavy atom. The predicted molar refractivity (Wildman–Crippen MR) is 64.2 cm³/mol. The van der Waals surface area contributed by atoms with E-state index in [1.165, 1.54) is 12.8 Å². The van der Waals surface area contributed by atoms with Gasteiger partial charge in [0.05, 0.1) is 0 Å². The summed E-state index contributed by atoms with van der Waals surface area (Å²) in [7, 11) is 0. The number of carbonyl (C=O) groups is 2. The lowest BCUT2D eigenvalue weighted by Crippen LogP contribution is -2.22. The number of nitrogens with one attached hydrogen (secondary N) is 1. The summed E-state index contributed by atoms with van der Waals surface area (Å²) in [6.45, 7) is 2.11. The molecule has 1 amide bonds. The van der Waals surface area contributed by atoms with Crippen molar-refractivity contribution in [2.75, 3.05) is 23.3 Å². The fourth-order valence-corrected chi connectivity index (χ4v) is 1.92. The molecule has 1 fully saturated rings. The second-order valence-corrected chi connectivity index (χ2v) is 4.00. The Morgan fingerprint density at radius 2 is 1.71 bits per heavy atom. The van der Waals surface area contributed by atoms with E-state index in [0.717, 1.165) is 18.8 Å². The molecule has 0 aromatic heterocycles. The molecular weight excluding hydrogens is 220 g/mol. The van der Waals surface area contributed by atoms with Crippen molar-refractivity contribution in [2.45, 2.75) is 12.8 Å². The minimum atomic E-state index is -1.48. The first-order valence-corrected chi connectivity index (χ1v) is 5.56. The number of carboxylic acids is 1. The second-order valence-electron chi connectivity index (χ2n) is 4.00. The van der Waals surface area contributed by atoms with Gasteiger partial charge in [0.25, 0.3) is 0 Å². The summed E-state index contributed by atoms with van der Waals surface area (Å²) in [5.41, 5.74) is 1.61. The van der Waals surface area contributed by atoms with E-state index >= 15 is 0 Å². The average Bonchev–Trinajstić information content (AvgIpc) is 2.83. The van der Waals surface area contributed by atoms with Gasteiger partial charge in [0.15, 0.2) is 0 Å². The molecule has 1 aromatic carbocycles. The maximum Gasteiger partial charge on any atom is 0.394 e. The summed E-state index contributed by atoms with van der Waals surface area (Å²) in [4.78, 5) is 23.6. The van der Waals surface area contributed by atoms with Gasteiger partial charge in [0.1, 0.15) is 0 Å². The highest BCUT2D eigenvalue weighted by Crippen LogP contribution is 2.21. The Kier molecular flexibility index (Phi) is 3.27. The summed E-state index contributed by atoms with van der Waals surface area (Å²) >= 11 is 0. The van der Waals surface area contributed by atoms with Crippen LogP contribution < -0.4 is 10.2 Å². The second kappa shape index (κ2) is 4.86. The lowest BCUT2D eigenvalue weighted by Gasteiger charge is -2.17.